The van der Waals surface area contributed by atoms with Gasteiger partial charge in [-0.05, 0) is 37.3 Å². The summed E-state index contributed by atoms with van der Waals surface area (Å²) in [6.07, 6.45) is 2.07. The van der Waals surface area contributed by atoms with Crippen LogP contribution in [0.15, 0.2) is 35.2 Å². The molecule has 2 unspecified atom stereocenters. The van der Waals surface area contributed by atoms with Gasteiger partial charge in [0.05, 0.1) is 17.5 Å². The van der Waals surface area contributed by atoms with Gasteiger partial charge in [-0.3, -0.25) is 4.79 Å². The van der Waals surface area contributed by atoms with Gasteiger partial charge < -0.3 is 10.4 Å². The molecule has 0 heterocycles. The van der Waals surface area contributed by atoms with E-state index < -0.39 is 10.0 Å². The Labute approximate surface area is 124 Å². The van der Waals surface area contributed by atoms with Crippen molar-refractivity contribution in [3.63, 3.8) is 0 Å². The first kappa shape index (κ1) is 15.9. The molecule has 2 rings (SSSR count). The van der Waals surface area contributed by atoms with Crippen LogP contribution in [0.2, 0.25) is 0 Å². The molecule has 1 aliphatic rings. The van der Waals surface area contributed by atoms with Crippen molar-refractivity contribution in [2.75, 3.05) is 13.1 Å². The molecule has 0 aromatic heterocycles. The van der Waals surface area contributed by atoms with E-state index in [1.165, 1.54) is 12.1 Å². The highest BCUT2D eigenvalue weighted by molar-refractivity contribution is 7.89. The second kappa shape index (κ2) is 7.02. The predicted molar refractivity (Wildman–Crippen MR) is 78.0 cm³/mol. The second-order valence-corrected chi connectivity index (χ2v) is 7.04. The van der Waals surface area contributed by atoms with E-state index in [1.54, 1.807) is 18.2 Å². The summed E-state index contributed by atoms with van der Waals surface area (Å²) in [6, 6.07) is 7.92. The molecular formula is C14H20N2O4S. The number of nitrogens with one attached hydrogen (secondary N) is 2. The number of aliphatic hydroxyl groups is 1. The van der Waals surface area contributed by atoms with Crippen molar-refractivity contribution in [2.24, 2.45) is 5.92 Å². The molecule has 1 fully saturated rings. The summed E-state index contributed by atoms with van der Waals surface area (Å²) >= 11 is 0. The van der Waals surface area contributed by atoms with Crippen molar-refractivity contribution in [3.05, 3.63) is 30.3 Å². The Kier molecular flexibility index (Phi) is 5.33. The molecule has 7 heteroatoms. The van der Waals surface area contributed by atoms with E-state index in [4.69, 9.17) is 0 Å². The number of carbonyl (C=O) groups is 1. The molecule has 0 aliphatic heterocycles. The van der Waals surface area contributed by atoms with Crippen LogP contribution in [0.3, 0.4) is 0 Å². The van der Waals surface area contributed by atoms with E-state index in [-0.39, 0.29) is 29.4 Å². The lowest BCUT2D eigenvalue weighted by Crippen LogP contribution is -2.38. The van der Waals surface area contributed by atoms with Crippen LogP contribution in [0.1, 0.15) is 19.3 Å². The summed E-state index contributed by atoms with van der Waals surface area (Å²) in [7, 11) is -3.65. The van der Waals surface area contributed by atoms with Crippen LogP contribution < -0.4 is 10.0 Å². The third-order valence-corrected chi connectivity index (χ3v) is 4.99. The zero-order valence-electron chi connectivity index (χ0n) is 11.7. The lowest BCUT2D eigenvalue weighted by atomic mass is 10.1. The van der Waals surface area contributed by atoms with Crippen LogP contribution >= 0.6 is 0 Å². The minimum absolute atomic E-state index is 0.136. The molecule has 0 saturated heterocycles. The monoisotopic (exact) mass is 312 g/mol. The normalized spacial score (nSPS) is 22.1. The Balaban J connectivity index is 1.76. The van der Waals surface area contributed by atoms with Gasteiger partial charge >= 0.3 is 0 Å². The second-order valence-electron chi connectivity index (χ2n) is 5.27. The third-order valence-electron chi connectivity index (χ3n) is 3.58. The van der Waals surface area contributed by atoms with Crippen LogP contribution in [0.25, 0.3) is 0 Å². The number of hydrogen-bond acceptors (Lipinski definition) is 4. The van der Waals surface area contributed by atoms with Gasteiger partial charge in [0.25, 0.3) is 0 Å². The summed E-state index contributed by atoms with van der Waals surface area (Å²) in [4.78, 5) is 11.8. The first-order valence-corrected chi connectivity index (χ1v) is 8.45. The lowest BCUT2D eigenvalue weighted by molar-refractivity contribution is -0.120. The highest BCUT2D eigenvalue weighted by atomic mass is 32.2. The first-order valence-electron chi connectivity index (χ1n) is 6.97. The van der Waals surface area contributed by atoms with Gasteiger partial charge in [0.2, 0.25) is 15.9 Å². The SMILES string of the molecule is O=C(CNS(=O)(=O)c1ccccc1)NCC1CCC(O)C1. The van der Waals surface area contributed by atoms with Gasteiger partial charge in [-0.15, -0.1) is 0 Å². The highest BCUT2D eigenvalue weighted by Crippen LogP contribution is 2.24. The number of amides is 1. The molecule has 1 aromatic rings. The number of rotatable bonds is 6. The Morgan fingerprint density at radius 2 is 1.95 bits per heavy atom. The van der Waals surface area contributed by atoms with E-state index in [9.17, 15) is 18.3 Å². The van der Waals surface area contributed by atoms with Crippen LogP contribution in [0.4, 0.5) is 0 Å². The molecular weight excluding hydrogens is 292 g/mol. The van der Waals surface area contributed by atoms with E-state index in [1.807, 2.05) is 0 Å². The van der Waals surface area contributed by atoms with E-state index in [2.05, 4.69) is 10.0 Å². The molecule has 3 N–H and O–H groups in total. The molecule has 0 radical (unpaired) electrons. The number of benzene rings is 1. The van der Waals surface area contributed by atoms with Crippen molar-refractivity contribution >= 4 is 15.9 Å². The Hall–Kier alpha value is -1.44. The fourth-order valence-corrected chi connectivity index (χ4v) is 3.40. The standard InChI is InChI=1S/C14H20N2O4S/c17-12-7-6-11(8-12)9-15-14(18)10-16-21(19,20)13-4-2-1-3-5-13/h1-5,11-12,16-17H,6-10H2,(H,15,18). The molecule has 21 heavy (non-hydrogen) atoms. The molecule has 6 nitrogen and oxygen atoms in total. The van der Waals surface area contributed by atoms with Gasteiger partial charge in [0, 0.05) is 6.54 Å². The van der Waals surface area contributed by atoms with Crippen molar-refractivity contribution in [3.8, 4) is 0 Å². The summed E-state index contributed by atoms with van der Waals surface area (Å²) in [5, 5.41) is 12.1. The molecule has 0 bridgehead atoms. The number of sulfonamides is 1. The Morgan fingerprint density at radius 3 is 2.57 bits per heavy atom. The number of hydrogen-bond donors (Lipinski definition) is 3. The smallest absolute Gasteiger partial charge is 0.241 e. The van der Waals surface area contributed by atoms with Gasteiger partial charge in [0.15, 0.2) is 0 Å². The van der Waals surface area contributed by atoms with Gasteiger partial charge in [-0.1, -0.05) is 18.2 Å². The van der Waals surface area contributed by atoms with Gasteiger partial charge in [-0.25, -0.2) is 13.1 Å². The van der Waals surface area contributed by atoms with E-state index in [0.29, 0.717) is 13.0 Å². The third kappa shape index (κ3) is 4.80. The van der Waals surface area contributed by atoms with Crippen molar-refractivity contribution in [2.45, 2.75) is 30.3 Å². The quantitative estimate of drug-likeness (QED) is 0.701. The van der Waals surface area contributed by atoms with Gasteiger partial charge in [0.1, 0.15) is 0 Å². The first-order chi connectivity index (χ1) is 9.97. The average molecular weight is 312 g/mol. The molecule has 2 atom stereocenters. The number of aliphatic hydroxyl groups excluding tert-OH is 1. The fraction of sp³-hybridized carbons (Fsp3) is 0.500. The topological polar surface area (TPSA) is 95.5 Å². The zero-order valence-corrected chi connectivity index (χ0v) is 12.5. The van der Waals surface area contributed by atoms with Crippen LogP contribution in [-0.4, -0.2) is 38.6 Å². The minimum atomic E-state index is -3.65. The van der Waals surface area contributed by atoms with E-state index in [0.717, 1.165) is 12.8 Å². The van der Waals surface area contributed by atoms with Crippen molar-refractivity contribution in [1.82, 2.24) is 10.0 Å². The molecule has 0 spiro atoms. The summed E-state index contributed by atoms with van der Waals surface area (Å²) in [6.45, 7) is 0.190. The van der Waals surface area contributed by atoms with Crippen LogP contribution in [-0.2, 0) is 14.8 Å². The van der Waals surface area contributed by atoms with Crippen LogP contribution in [0, 0.1) is 5.92 Å². The maximum Gasteiger partial charge on any atom is 0.241 e. The molecule has 116 valence electrons. The maximum atomic E-state index is 11.9. The minimum Gasteiger partial charge on any atom is -0.393 e. The fourth-order valence-electron chi connectivity index (χ4n) is 2.40. The van der Waals surface area contributed by atoms with Crippen LogP contribution in [0.5, 0.6) is 0 Å². The average Bonchev–Trinajstić information content (AvgIpc) is 2.90. The zero-order chi connectivity index (χ0) is 15.3. The molecule has 1 aromatic carbocycles. The largest absolute Gasteiger partial charge is 0.393 e. The summed E-state index contributed by atoms with van der Waals surface area (Å²) in [5.74, 6) is -0.0921. The molecule has 1 amide bonds. The highest BCUT2D eigenvalue weighted by Gasteiger charge is 2.23. The molecule has 1 saturated carbocycles. The summed E-state index contributed by atoms with van der Waals surface area (Å²) < 4.78 is 26.1. The molecule has 1 aliphatic carbocycles. The number of carbonyl (C=O) groups excluding carboxylic acids is 1. The van der Waals surface area contributed by atoms with Crippen molar-refractivity contribution < 1.29 is 18.3 Å². The summed E-state index contributed by atoms with van der Waals surface area (Å²) in [5.41, 5.74) is 0. The predicted octanol–water partition coefficient (Wildman–Crippen LogP) is 0.242. The maximum absolute atomic E-state index is 11.9. The Bertz CT molecular complexity index is 574. The van der Waals surface area contributed by atoms with E-state index >= 15 is 0 Å². The van der Waals surface area contributed by atoms with Crippen molar-refractivity contribution in [1.29, 1.82) is 0 Å². The van der Waals surface area contributed by atoms with Gasteiger partial charge in [-0.2, -0.15) is 0 Å². The Morgan fingerprint density at radius 1 is 1.24 bits per heavy atom. The lowest BCUT2D eigenvalue weighted by Gasteiger charge is -2.11.